The molecule has 2 heterocycles. The maximum Gasteiger partial charge on any atom is 0.189 e. The number of aliphatic imine (C=N–C) groups is 1. The summed E-state index contributed by atoms with van der Waals surface area (Å²) < 4.78 is 14.1. The van der Waals surface area contributed by atoms with E-state index in [1.54, 1.807) is 43.6 Å². The third-order valence-corrected chi connectivity index (χ3v) is 3.31. The molecule has 0 atom stereocenters. The van der Waals surface area contributed by atoms with Gasteiger partial charge in [0.05, 0.1) is 22.4 Å². The molecule has 3 rings (SSSR count). The van der Waals surface area contributed by atoms with Crippen molar-refractivity contribution in [1.29, 1.82) is 0 Å². The Labute approximate surface area is 126 Å². The van der Waals surface area contributed by atoms with Crippen LogP contribution in [0.15, 0.2) is 41.5 Å². The molecule has 0 aliphatic heterocycles. The zero-order chi connectivity index (χ0) is 15.7. The van der Waals surface area contributed by atoms with Crippen LogP contribution in [0.2, 0.25) is 0 Å². The Kier molecular flexibility index (Phi) is 3.42. The summed E-state index contributed by atoms with van der Waals surface area (Å²) in [6, 6.07) is 8.56. The maximum absolute atomic E-state index is 14.1. The molecule has 0 saturated carbocycles. The van der Waals surface area contributed by atoms with Gasteiger partial charge in [-0.25, -0.2) is 9.37 Å². The summed E-state index contributed by atoms with van der Waals surface area (Å²) in [5.74, 6) is -1.40. The van der Waals surface area contributed by atoms with E-state index in [1.165, 1.54) is 6.21 Å². The minimum absolute atomic E-state index is 0.144. The van der Waals surface area contributed by atoms with E-state index >= 15 is 0 Å². The molecule has 110 valence electrons. The first kappa shape index (κ1) is 13.9. The molecule has 0 spiro atoms. The van der Waals surface area contributed by atoms with Gasteiger partial charge >= 0.3 is 0 Å². The summed E-state index contributed by atoms with van der Waals surface area (Å²) in [4.78, 5) is 12.4. The number of aromatic nitrogens is 2. The van der Waals surface area contributed by atoms with Gasteiger partial charge in [0.25, 0.3) is 0 Å². The largest absolute Gasteiger partial charge is 0.504 e. The van der Waals surface area contributed by atoms with Crippen LogP contribution < -0.4 is 5.73 Å². The number of nitrogens with zero attached hydrogens (tertiary/aromatic N) is 3. The quantitative estimate of drug-likeness (QED) is 0.562. The molecule has 1 aromatic carbocycles. The molecule has 0 aliphatic carbocycles. The van der Waals surface area contributed by atoms with Crippen molar-refractivity contribution in [2.45, 2.75) is 0 Å². The minimum Gasteiger partial charge on any atom is -0.504 e. The van der Waals surface area contributed by atoms with Crippen molar-refractivity contribution >= 4 is 22.9 Å². The van der Waals surface area contributed by atoms with Gasteiger partial charge in [0, 0.05) is 30.6 Å². The predicted octanol–water partition coefficient (Wildman–Crippen LogP) is 2.77. The molecule has 2 aromatic heterocycles. The number of anilines is 1. The first-order valence-corrected chi connectivity index (χ1v) is 6.57. The topological polar surface area (TPSA) is 84.4 Å². The van der Waals surface area contributed by atoms with E-state index < -0.39 is 11.6 Å². The van der Waals surface area contributed by atoms with Crippen LogP contribution in [0.4, 0.5) is 10.1 Å². The van der Waals surface area contributed by atoms with E-state index in [1.807, 2.05) is 0 Å². The lowest BCUT2D eigenvalue weighted by molar-refractivity contribution is 0.436. The van der Waals surface area contributed by atoms with E-state index in [-0.39, 0.29) is 11.3 Å². The fraction of sp³-hybridized carbons (Fsp3) is 0.0625. The van der Waals surface area contributed by atoms with Crippen LogP contribution in [0.25, 0.3) is 22.3 Å². The number of phenolic OH excluding ortho intramolecular Hbond substituents is 1. The van der Waals surface area contributed by atoms with Crippen LogP contribution in [0, 0.1) is 5.82 Å². The molecular weight excluding hydrogens is 283 g/mol. The highest BCUT2D eigenvalue weighted by atomic mass is 19.1. The van der Waals surface area contributed by atoms with Crippen molar-refractivity contribution < 1.29 is 9.50 Å². The number of nitrogens with two attached hydrogens (primary N) is 1. The summed E-state index contributed by atoms with van der Waals surface area (Å²) in [7, 11) is 1.56. The number of hydrogen-bond donors (Lipinski definition) is 2. The molecule has 0 aliphatic rings. The lowest BCUT2D eigenvalue weighted by Crippen LogP contribution is -2.00. The van der Waals surface area contributed by atoms with Crippen molar-refractivity contribution in [3.05, 3.63) is 47.9 Å². The van der Waals surface area contributed by atoms with E-state index in [0.29, 0.717) is 16.8 Å². The van der Waals surface area contributed by atoms with Crippen molar-refractivity contribution in [2.75, 3.05) is 12.8 Å². The average molecular weight is 296 g/mol. The molecule has 0 saturated heterocycles. The minimum atomic E-state index is -0.875. The molecular formula is C16H13FN4O. The Morgan fingerprint density at radius 3 is 2.86 bits per heavy atom. The normalized spacial score (nSPS) is 11.4. The summed E-state index contributed by atoms with van der Waals surface area (Å²) in [6.07, 6.45) is 3.10. The number of nitrogen functional groups attached to an aromatic ring is 1. The van der Waals surface area contributed by atoms with Crippen LogP contribution in [-0.4, -0.2) is 28.3 Å². The van der Waals surface area contributed by atoms with Crippen LogP contribution >= 0.6 is 0 Å². The third-order valence-electron chi connectivity index (χ3n) is 3.31. The molecule has 0 unspecified atom stereocenters. The Hall–Kier alpha value is -3.02. The van der Waals surface area contributed by atoms with Gasteiger partial charge in [0.2, 0.25) is 0 Å². The SMILES string of the molecule is CN=Cc1cc(-c2ccc3ncccc3n2)c(O)c(F)c1N. The second-order valence-corrected chi connectivity index (χ2v) is 4.72. The first-order chi connectivity index (χ1) is 10.6. The first-order valence-electron chi connectivity index (χ1n) is 6.57. The van der Waals surface area contributed by atoms with Gasteiger partial charge in [-0.3, -0.25) is 9.98 Å². The van der Waals surface area contributed by atoms with Crippen LogP contribution in [-0.2, 0) is 0 Å². The highest BCUT2D eigenvalue weighted by molar-refractivity contribution is 5.91. The molecule has 5 nitrogen and oxygen atoms in total. The highest BCUT2D eigenvalue weighted by Crippen LogP contribution is 2.35. The van der Waals surface area contributed by atoms with Crippen LogP contribution in [0.3, 0.4) is 0 Å². The van der Waals surface area contributed by atoms with Gasteiger partial charge in [-0.2, -0.15) is 0 Å². The van der Waals surface area contributed by atoms with Crippen LogP contribution in [0.5, 0.6) is 5.75 Å². The van der Waals surface area contributed by atoms with E-state index in [2.05, 4.69) is 15.0 Å². The number of fused-ring (bicyclic) bond motifs is 1. The number of aromatic hydroxyl groups is 1. The smallest absolute Gasteiger partial charge is 0.189 e. The Morgan fingerprint density at radius 1 is 1.27 bits per heavy atom. The Balaban J connectivity index is 2.25. The molecule has 6 heteroatoms. The van der Waals surface area contributed by atoms with Gasteiger partial charge in [-0.1, -0.05) is 0 Å². The van der Waals surface area contributed by atoms with Crippen molar-refractivity contribution in [3.8, 4) is 17.0 Å². The Bertz CT molecular complexity index is 893. The summed E-state index contributed by atoms with van der Waals surface area (Å²) >= 11 is 0. The number of rotatable bonds is 2. The molecule has 3 N–H and O–H groups in total. The van der Waals surface area contributed by atoms with Crippen molar-refractivity contribution in [3.63, 3.8) is 0 Å². The maximum atomic E-state index is 14.1. The monoisotopic (exact) mass is 296 g/mol. The van der Waals surface area contributed by atoms with Crippen LogP contribution in [0.1, 0.15) is 5.56 Å². The molecule has 0 amide bonds. The Morgan fingerprint density at radius 2 is 2.09 bits per heavy atom. The summed E-state index contributed by atoms with van der Waals surface area (Å²) in [6.45, 7) is 0. The van der Waals surface area contributed by atoms with Gasteiger partial charge in [-0.05, 0) is 30.3 Å². The van der Waals surface area contributed by atoms with Crippen molar-refractivity contribution in [1.82, 2.24) is 9.97 Å². The second kappa shape index (κ2) is 5.40. The number of halogens is 1. The molecule has 22 heavy (non-hydrogen) atoms. The summed E-state index contributed by atoms with van der Waals surface area (Å²) in [5.41, 5.74) is 7.96. The zero-order valence-corrected chi connectivity index (χ0v) is 11.8. The second-order valence-electron chi connectivity index (χ2n) is 4.72. The summed E-state index contributed by atoms with van der Waals surface area (Å²) in [5, 5.41) is 10.0. The predicted molar refractivity (Wildman–Crippen MR) is 84.5 cm³/mol. The van der Waals surface area contributed by atoms with Gasteiger partial charge in [0.1, 0.15) is 0 Å². The van der Waals surface area contributed by atoms with E-state index in [0.717, 1.165) is 5.52 Å². The van der Waals surface area contributed by atoms with E-state index in [4.69, 9.17) is 5.73 Å². The average Bonchev–Trinajstić information content (AvgIpc) is 2.55. The molecule has 0 bridgehead atoms. The molecule has 0 fully saturated rings. The fourth-order valence-corrected chi connectivity index (χ4v) is 2.22. The molecule has 0 radical (unpaired) electrons. The van der Waals surface area contributed by atoms with Gasteiger partial charge in [0.15, 0.2) is 11.6 Å². The lowest BCUT2D eigenvalue weighted by Gasteiger charge is -2.10. The van der Waals surface area contributed by atoms with Crippen molar-refractivity contribution in [2.24, 2.45) is 4.99 Å². The highest BCUT2D eigenvalue weighted by Gasteiger charge is 2.17. The zero-order valence-electron chi connectivity index (χ0n) is 11.8. The standard InChI is InChI=1S/C16H13FN4O/c1-19-8-9-7-10(16(22)14(17)15(9)18)11-4-5-12-13(21-11)3-2-6-20-12/h2-8,22H,18H2,1H3. The fourth-order valence-electron chi connectivity index (χ4n) is 2.22. The van der Waals surface area contributed by atoms with Gasteiger partial charge in [-0.15, -0.1) is 0 Å². The third kappa shape index (κ3) is 2.24. The number of hydrogen-bond acceptors (Lipinski definition) is 5. The molecule has 3 aromatic rings. The number of benzene rings is 1. The number of pyridine rings is 2. The lowest BCUT2D eigenvalue weighted by atomic mass is 10.0. The number of phenols is 1. The van der Waals surface area contributed by atoms with E-state index in [9.17, 15) is 9.50 Å². The van der Waals surface area contributed by atoms with Gasteiger partial charge < -0.3 is 10.8 Å².